The topological polar surface area (TPSA) is 56.8 Å². The second-order valence-electron chi connectivity index (χ2n) is 2.85. The minimum absolute atomic E-state index is 0.463. The lowest BCUT2D eigenvalue weighted by molar-refractivity contribution is 0.234. The van der Waals surface area contributed by atoms with E-state index >= 15 is 0 Å². The van der Waals surface area contributed by atoms with E-state index in [9.17, 15) is 0 Å². The first-order chi connectivity index (χ1) is 7.33. The lowest BCUT2D eigenvalue weighted by atomic mass is 10.0. The third-order valence-electron chi connectivity index (χ3n) is 1.89. The van der Waals surface area contributed by atoms with Crippen molar-refractivity contribution in [1.82, 2.24) is 0 Å². The zero-order valence-electron chi connectivity index (χ0n) is 8.40. The molecule has 0 unspecified atom stereocenters. The van der Waals surface area contributed by atoms with Gasteiger partial charge in [-0.05, 0) is 12.1 Å². The van der Waals surface area contributed by atoms with Gasteiger partial charge in [0, 0.05) is 12.7 Å². The van der Waals surface area contributed by atoms with Crippen LogP contribution in [0, 0.1) is 22.7 Å². The van der Waals surface area contributed by atoms with E-state index in [1.807, 2.05) is 0 Å². The van der Waals surface area contributed by atoms with Crippen molar-refractivity contribution < 1.29 is 4.74 Å². The molecule has 0 aliphatic heterocycles. The fourth-order valence-corrected chi connectivity index (χ4v) is 1.20. The molecule has 1 aromatic rings. The average molecular weight is 198 g/mol. The van der Waals surface area contributed by atoms with E-state index in [1.54, 1.807) is 37.5 Å². The smallest absolute Gasteiger partial charge is 0.0998 e. The molecule has 0 saturated heterocycles. The molecule has 74 valence electrons. The first-order valence-corrected chi connectivity index (χ1v) is 4.42. The fourth-order valence-electron chi connectivity index (χ4n) is 1.20. The van der Waals surface area contributed by atoms with Crippen molar-refractivity contribution in [2.24, 2.45) is 0 Å². The van der Waals surface area contributed by atoms with Crippen LogP contribution in [0.15, 0.2) is 24.3 Å². The Morgan fingerprint density at radius 1 is 1.27 bits per heavy atom. The number of rotatable bonds is 3. The minimum atomic E-state index is 0.463. The van der Waals surface area contributed by atoms with Crippen molar-refractivity contribution >= 4 is 6.08 Å². The molecule has 0 radical (unpaired) electrons. The van der Waals surface area contributed by atoms with Crippen molar-refractivity contribution in [2.45, 2.75) is 0 Å². The molecular formula is C12H10N2O. The largest absolute Gasteiger partial charge is 0.381 e. The van der Waals surface area contributed by atoms with Crippen LogP contribution in [0.25, 0.3) is 6.08 Å². The molecule has 0 saturated carbocycles. The van der Waals surface area contributed by atoms with Crippen LogP contribution >= 0.6 is 0 Å². The van der Waals surface area contributed by atoms with E-state index in [0.717, 1.165) is 0 Å². The Morgan fingerprint density at radius 2 is 1.87 bits per heavy atom. The van der Waals surface area contributed by atoms with Crippen molar-refractivity contribution in [2.75, 3.05) is 13.7 Å². The van der Waals surface area contributed by atoms with Crippen LogP contribution in [0.4, 0.5) is 0 Å². The molecule has 15 heavy (non-hydrogen) atoms. The van der Waals surface area contributed by atoms with Crippen LogP contribution in [0.5, 0.6) is 0 Å². The second kappa shape index (κ2) is 5.59. The molecule has 0 fully saturated rings. The van der Waals surface area contributed by atoms with Gasteiger partial charge in [0.05, 0.1) is 29.9 Å². The Balaban J connectivity index is 3.14. The summed E-state index contributed by atoms with van der Waals surface area (Å²) in [5.74, 6) is 0. The summed E-state index contributed by atoms with van der Waals surface area (Å²) in [6.07, 6.45) is 3.51. The van der Waals surface area contributed by atoms with Gasteiger partial charge in [0.2, 0.25) is 0 Å². The second-order valence-corrected chi connectivity index (χ2v) is 2.85. The van der Waals surface area contributed by atoms with Gasteiger partial charge in [-0.25, -0.2) is 0 Å². The molecule has 0 heterocycles. The summed E-state index contributed by atoms with van der Waals surface area (Å²) in [4.78, 5) is 0. The highest BCUT2D eigenvalue weighted by Gasteiger charge is 2.03. The normalized spacial score (nSPS) is 9.80. The van der Waals surface area contributed by atoms with E-state index in [0.29, 0.717) is 23.3 Å². The monoisotopic (exact) mass is 198 g/mol. The molecule has 0 aliphatic rings. The summed E-state index contributed by atoms with van der Waals surface area (Å²) in [7, 11) is 1.59. The molecule has 0 spiro atoms. The van der Waals surface area contributed by atoms with Crippen LogP contribution in [0.3, 0.4) is 0 Å². The molecule has 0 atom stereocenters. The highest BCUT2D eigenvalue weighted by atomic mass is 16.5. The van der Waals surface area contributed by atoms with E-state index in [2.05, 4.69) is 12.1 Å². The highest BCUT2D eigenvalue weighted by Crippen LogP contribution is 2.15. The maximum Gasteiger partial charge on any atom is 0.0998 e. The molecule has 0 aromatic heterocycles. The molecule has 0 amide bonds. The van der Waals surface area contributed by atoms with Gasteiger partial charge in [0.15, 0.2) is 0 Å². The van der Waals surface area contributed by atoms with Gasteiger partial charge in [-0.1, -0.05) is 18.2 Å². The third-order valence-corrected chi connectivity index (χ3v) is 1.89. The van der Waals surface area contributed by atoms with E-state index in [4.69, 9.17) is 15.3 Å². The van der Waals surface area contributed by atoms with E-state index in [1.165, 1.54) is 0 Å². The molecular weight excluding hydrogens is 188 g/mol. The zero-order valence-corrected chi connectivity index (χ0v) is 8.40. The maximum absolute atomic E-state index is 8.87. The van der Waals surface area contributed by atoms with E-state index < -0.39 is 0 Å². The van der Waals surface area contributed by atoms with E-state index in [-0.39, 0.29) is 0 Å². The van der Waals surface area contributed by atoms with Crippen molar-refractivity contribution in [3.05, 3.63) is 41.0 Å². The first-order valence-electron chi connectivity index (χ1n) is 4.42. The standard InChI is InChI=1S/C12H10N2O/c1-15-7-3-6-12-10(8-13)4-2-5-11(12)9-14/h2-6H,7H2,1H3/b6-3-. The summed E-state index contributed by atoms with van der Waals surface area (Å²) in [6.45, 7) is 0.463. The van der Waals surface area contributed by atoms with Gasteiger partial charge in [0.1, 0.15) is 0 Å². The first kappa shape index (κ1) is 11.0. The van der Waals surface area contributed by atoms with Crippen molar-refractivity contribution in [3.8, 4) is 12.1 Å². The van der Waals surface area contributed by atoms with Crippen molar-refractivity contribution in [3.63, 3.8) is 0 Å². The minimum Gasteiger partial charge on any atom is -0.381 e. The zero-order chi connectivity index (χ0) is 11.1. The number of benzene rings is 1. The lowest BCUT2D eigenvalue weighted by Gasteiger charge is -1.99. The number of hydrogen-bond donors (Lipinski definition) is 0. The predicted octanol–water partition coefficient (Wildman–Crippen LogP) is 2.09. The summed E-state index contributed by atoms with van der Waals surface area (Å²) >= 11 is 0. The molecule has 3 nitrogen and oxygen atoms in total. The molecule has 1 rings (SSSR count). The molecule has 1 aromatic carbocycles. The molecule has 0 aliphatic carbocycles. The van der Waals surface area contributed by atoms with Gasteiger partial charge in [-0.3, -0.25) is 0 Å². The Hall–Kier alpha value is -2.10. The average Bonchev–Trinajstić information content (AvgIpc) is 2.29. The summed E-state index contributed by atoms with van der Waals surface area (Å²) in [5, 5.41) is 17.7. The van der Waals surface area contributed by atoms with Crippen LogP contribution in [-0.4, -0.2) is 13.7 Å². The van der Waals surface area contributed by atoms with Crippen LogP contribution in [0.2, 0.25) is 0 Å². The van der Waals surface area contributed by atoms with Crippen LogP contribution < -0.4 is 0 Å². The number of hydrogen-bond acceptors (Lipinski definition) is 3. The maximum atomic E-state index is 8.87. The number of nitriles is 2. The summed E-state index contributed by atoms with van der Waals surface area (Å²) in [5.41, 5.74) is 1.65. The van der Waals surface area contributed by atoms with Gasteiger partial charge >= 0.3 is 0 Å². The summed E-state index contributed by atoms with van der Waals surface area (Å²) in [6, 6.07) is 9.18. The highest BCUT2D eigenvalue weighted by molar-refractivity contribution is 5.64. The molecule has 0 N–H and O–H groups in total. The van der Waals surface area contributed by atoms with Gasteiger partial charge in [0.25, 0.3) is 0 Å². The predicted molar refractivity (Wildman–Crippen MR) is 56.8 cm³/mol. The SMILES string of the molecule is COC/C=C\c1c(C#N)cccc1C#N. The van der Waals surface area contributed by atoms with Gasteiger partial charge in [-0.2, -0.15) is 10.5 Å². The quantitative estimate of drug-likeness (QED) is 0.747. The van der Waals surface area contributed by atoms with Gasteiger partial charge in [-0.15, -0.1) is 0 Å². The molecule has 3 heteroatoms. The Bertz CT molecular complexity index is 417. The number of nitrogens with zero attached hydrogens (tertiary/aromatic N) is 2. The van der Waals surface area contributed by atoms with Crippen LogP contribution in [0.1, 0.15) is 16.7 Å². The number of ether oxygens (including phenoxy) is 1. The van der Waals surface area contributed by atoms with Crippen molar-refractivity contribution in [1.29, 1.82) is 10.5 Å². The summed E-state index contributed by atoms with van der Waals surface area (Å²) < 4.78 is 4.86. The Morgan fingerprint density at radius 3 is 2.33 bits per heavy atom. The Kier molecular flexibility index (Phi) is 4.09. The van der Waals surface area contributed by atoms with Gasteiger partial charge < -0.3 is 4.74 Å². The number of methoxy groups -OCH3 is 1. The third kappa shape index (κ3) is 2.67. The fraction of sp³-hybridized carbons (Fsp3) is 0.167. The molecule has 0 bridgehead atoms. The lowest BCUT2D eigenvalue weighted by Crippen LogP contribution is -1.88. The van der Waals surface area contributed by atoms with Crippen LogP contribution in [-0.2, 0) is 4.74 Å². The Labute approximate surface area is 88.8 Å².